The smallest absolute Gasteiger partial charge is 0.261 e. The second kappa shape index (κ2) is 10.3. The molecule has 0 saturated carbocycles. The van der Waals surface area contributed by atoms with Crippen LogP contribution in [0.4, 0.5) is 5.82 Å². The molecule has 5 rings (SSSR count). The summed E-state index contributed by atoms with van der Waals surface area (Å²) in [5, 5.41) is 7.85. The van der Waals surface area contributed by atoms with Gasteiger partial charge in [-0.25, -0.2) is 4.98 Å². The Kier molecular flexibility index (Phi) is 6.77. The monoisotopic (exact) mass is 487 g/mol. The average molecular weight is 488 g/mol. The van der Waals surface area contributed by atoms with Gasteiger partial charge in [-0.15, -0.1) is 0 Å². The van der Waals surface area contributed by atoms with E-state index in [4.69, 9.17) is 16.1 Å². The highest BCUT2D eigenvalue weighted by atomic mass is 35.5. The molecule has 4 aromatic rings. The van der Waals surface area contributed by atoms with Gasteiger partial charge in [-0.1, -0.05) is 53.2 Å². The van der Waals surface area contributed by atoms with E-state index >= 15 is 0 Å². The molecule has 35 heavy (non-hydrogen) atoms. The lowest BCUT2D eigenvalue weighted by atomic mass is 9.95. The predicted molar refractivity (Wildman–Crippen MR) is 136 cm³/mol. The maximum absolute atomic E-state index is 12.8. The van der Waals surface area contributed by atoms with Gasteiger partial charge < -0.3 is 14.7 Å². The molecule has 1 fully saturated rings. The Morgan fingerprint density at radius 3 is 2.74 bits per heavy atom. The molecule has 0 spiro atoms. The number of nitrogens with one attached hydrogen (secondary N) is 1. The topological polar surface area (TPSA) is 84.2 Å². The number of hydrogen-bond acceptors (Lipinski definition) is 6. The van der Waals surface area contributed by atoms with Crippen molar-refractivity contribution in [3.8, 4) is 22.8 Å². The number of anilines is 1. The van der Waals surface area contributed by atoms with Crippen molar-refractivity contribution < 1.29 is 9.32 Å². The molecule has 1 amide bonds. The number of rotatable bonds is 6. The molecule has 178 valence electrons. The van der Waals surface area contributed by atoms with Crippen molar-refractivity contribution in [3.05, 3.63) is 83.0 Å². The van der Waals surface area contributed by atoms with Gasteiger partial charge in [-0.3, -0.25) is 4.79 Å². The SMILES string of the molecule is Cc1ccccc1CNC(=O)C1CCN(c2ncccc2-c2nc(-c3cccc(Cl)c3)no2)CC1. The van der Waals surface area contributed by atoms with Crippen molar-refractivity contribution in [1.82, 2.24) is 20.4 Å². The van der Waals surface area contributed by atoms with Gasteiger partial charge in [0.2, 0.25) is 11.7 Å². The van der Waals surface area contributed by atoms with Crippen molar-refractivity contribution in [2.75, 3.05) is 18.0 Å². The van der Waals surface area contributed by atoms with Crippen LogP contribution in [0.15, 0.2) is 71.4 Å². The van der Waals surface area contributed by atoms with E-state index < -0.39 is 0 Å². The molecule has 1 saturated heterocycles. The van der Waals surface area contributed by atoms with Gasteiger partial charge in [0, 0.05) is 42.3 Å². The Balaban J connectivity index is 1.25. The van der Waals surface area contributed by atoms with Crippen LogP contribution in [-0.2, 0) is 11.3 Å². The molecule has 3 heterocycles. The Morgan fingerprint density at radius 1 is 1.11 bits per heavy atom. The number of benzene rings is 2. The van der Waals surface area contributed by atoms with Crippen LogP contribution in [0.1, 0.15) is 24.0 Å². The Labute approximate surface area is 209 Å². The Morgan fingerprint density at radius 2 is 1.94 bits per heavy atom. The first-order valence-electron chi connectivity index (χ1n) is 11.7. The first-order chi connectivity index (χ1) is 17.1. The summed E-state index contributed by atoms with van der Waals surface area (Å²) in [4.78, 5) is 24.2. The standard InChI is InChI=1S/C27H26ClN5O2/c1-18-6-2-3-7-21(18)17-30-26(34)19-11-14-33(15-12-19)25-23(10-5-13-29-25)27-31-24(32-35-27)20-8-4-9-22(28)16-20/h2-10,13,16,19H,11-12,14-15,17H2,1H3,(H,30,34). The fourth-order valence-corrected chi connectivity index (χ4v) is 4.57. The molecular formula is C27H26ClN5O2. The zero-order valence-electron chi connectivity index (χ0n) is 19.4. The third-order valence-corrected chi connectivity index (χ3v) is 6.64. The maximum atomic E-state index is 12.8. The van der Waals surface area contributed by atoms with Gasteiger partial charge in [0.05, 0.1) is 5.56 Å². The average Bonchev–Trinajstić information content (AvgIpc) is 3.39. The molecule has 0 bridgehead atoms. The number of pyridine rings is 1. The highest BCUT2D eigenvalue weighted by molar-refractivity contribution is 6.30. The highest BCUT2D eigenvalue weighted by Gasteiger charge is 2.28. The number of carbonyl (C=O) groups excluding carboxylic acids is 1. The number of halogens is 1. The highest BCUT2D eigenvalue weighted by Crippen LogP contribution is 2.32. The van der Waals surface area contributed by atoms with Crippen LogP contribution < -0.4 is 10.2 Å². The fourth-order valence-electron chi connectivity index (χ4n) is 4.38. The summed E-state index contributed by atoms with van der Waals surface area (Å²) in [7, 11) is 0. The molecule has 0 atom stereocenters. The van der Waals surface area contributed by atoms with Gasteiger partial charge in [-0.05, 0) is 55.2 Å². The number of piperidine rings is 1. The van der Waals surface area contributed by atoms with E-state index in [0.29, 0.717) is 23.3 Å². The van der Waals surface area contributed by atoms with E-state index in [2.05, 4.69) is 44.4 Å². The Bertz CT molecular complexity index is 1330. The summed E-state index contributed by atoms with van der Waals surface area (Å²) in [6.07, 6.45) is 3.27. The lowest BCUT2D eigenvalue weighted by Gasteiger charge is -2.32. The zero-order chi connectivity index (χ0) is 24.2. The Hall–Kier alpha value is -3.71. The van der Waals surface area contributed by atoms with Crippen molar-refractivity contribution in [2.24, 2.45) is 5.92 Å². The molecular weight excluding hydrogens is 462 g/mol. The van der Waals surface area contributed by atoms with Crippen LogP contribution in [0.3, 0.4) is 0 Å². The fraction of sp³-hybridized carbons (Fsp3) is 0.259. The third-order valence-electron chi connectivity index (χ3n) is 6.41. The molecule has 8 heteroatoms. The van der Waals surface area contributed by atoms with E-state index in [-0.39, 0.29) is 11.8 Å². The van der Waals surface area contributed by atoms with Gasteiger partial charge >= 0.3 is 0 Å². The van der Waals surface area contributed by atoms with Crippen molar-refractivity contribution >= 4 is 23.3 Å². The molecule has 2 aromatic carbocycles. The summed E-state index contributed by atoms with van der Waals surface area (Å²) in [6.45, 7) is 4.07. The molecule has 0 radical (unpaired) electrons. The van der Waals surface area contributed by atoms with Gasteiger partial charge in [0.1, 0.15) is 5.82 Å². The second-order valence-electron chi connectivity index (χ2n) is 8.71. The van der Waals surface area contributed by atoms with E-state index in [1.165, 1.54) is 5.56 Å². The molecule has 0 unspecified atom stereocenters. The minimum Gasteiger partial charge on any atom is -0.356 e. The van der Waals surface area contributed by atoms with E-state index in [1.807, 2.05) is 36.4 Å². The summed E-state index contributed by atoms with van der Waals surface area (Å²) >= 11 is 6.11. The van der Waals surface area contributed by atoms with Crippen molar-refractivity contribution in [3.63, 3.8) is 0 Å². The van der Waals surface area contributed by atoms with Gasteiger partial charge in [0.15, 0.2) is 0 Å². The van der Waals surface area contributed by atoms with E-state index in [0.717, 1.165) is 48.4 Å². The maximum Gasteiger partial charge on any atom is 0.261 e. The van der Waals surface area contributed by atoms with Gasteiger partial charge in [0.25, 0.3) is 5.89 Å². The number of aromatic nitrogens is 3. The summed E-state index contributed by atoms with van der Waals surface area (Å²) in [5.41, 5.74) is 3.89. The summed E-state index contributed by atoms with van der Waals surface area (Å²) in [6, 6.07) is 19.2. The molecule has 2 aromatic heterocycles. The molecule has 0 aliphatic carbocycles. The third kappa shape index (κ3) is 5.20. The lowest BCUT2D eigenvalue weighted by molar-refractivity contribution is -0.125. The lowest BCUT2D eigenvalue weighted by Crippen LogP contribution is -2.40. The zero-order valence-corrected chi connectivity index (χ0v) is 20.2. The van der Waals surface area contributed by atoms with Crippen LogP contribution in [0, 0.1) is 12.8 Å². The van der Waals surface area contributed by atoms with Gasteiger partial charge in [-0.2, -0.15) is 4.98 Å². The largest absolute Gasteiger partial charge is 0.356 e. The van der Waals surface area contributed by atoms with E-state index in [1.54, 1.807) is 18.3 Å². The molecule has 1 aliphatic rings. The number of nitrogens with zero attached hydrogens (tertiary/aromatic N) is 4. The number of hydrogen-bond donors (Lipinski definition) is 1. The first kappa shape index (κ1) is 23.1. The van der Waals surface area contributed by atoms with E-state index in [9.17, 15) is 4.79 Å². The van der Waals surface area contributed by atoms with Crippen LogP contribution in [0.5, 0.6) is 0 Å². The molecule has 1 N–H and O–H groups in total. The van der Waals surface area contributed by atoms with Crippen molar-refractivity contribution in [1.29, 1.82) is 0 Å². The van der Waals surface area contributed by atoms with Crippen LogP contribution >= 0.6 is 11.6 Å². The molecule has 7 nitrogen and oxygen atoms in total. The van der Waals surface area contributed by atoms with Crippen LogP contribution in [0.2, 0.25) is 5.02 Å². The molecule has 1 aliphatic heterocycles. The normalized spacial score (nSPS) is 14.2. The quantitative estimate of drug-likeness (QED) is 0.397. The predicted octanol–water partition coefficient (Wildman–Crippen LogP) is 5.29. The van der Waals surface area contributed by atoms with Crippen LogP contribution in [-0.4, -0.2) is 34.1 Å². The van der Waals surface area contributed by atoms with Crippen LogP contribution in [0.25, 0.3) is 22.8 Å². The van der Waals surface area contributed by atoms with Crippen molar-refractivity contribution in [2.45, 2.75) is 26.3 Å². The first-order valence-corrected chi connectivity index (χ1v) is 12.1. The minimum absolute atomic E-state index is 0.0136. The second-order valence-corrected chi connectivity index (χ2v) is 9.15. The summed E-state index contributed by atoms with van der Waals surface area (Å²) < 4.78 is 5.58. The summed E-state index contributed by atoms with van der Waals surface area (Å²) in [5.74, 6) is 1.76. The number of aryl methyl sites for hydroxylation is 1. The number of carbonyl (C=O) groups is 1. The minimum atomic E-state index is -0.0136. The number of amides is 1.